The topological polar surface area (TPSA) is 84.9 Å². The van der Waals surface area contributed by atoms with Crippen LogP contribution in [0, 0.1) is 0 Å². The molecule has 0 aromatic heterocycles. The molecule has 2 rings (SSSR count). The third-order valence-electron chi connectivity index (χ3n) is 4.27. The molecule has 0 radical (unpaired) electrons. The summed E-state index contributed by atoms with van der Waals surface area (Å²) in [6, 6.07) is 8.46. The van der Waals surface area contributed by atoms with Gasteiger partial charge in [0.15, 0.2) is 0 Å². The highest BCUT2D eigenvalue weighted by Gasteiger charge is 2.51. The van der Waals surface area contributed by atoms with E-state index in [9.17, 15) is 14.4 Å². The van der Waals surface area contributed by atoms with Gasteiger partial charge in [-0.2, -0.15) is 0 Å². The average molecular weight is 348 g/mol. The lowest BCUT2D eigenvalue weighted by Gasteiger charge is -2.25. The zero-order chi connectivity index (χ0) is 18.3. The molecule has 0 aliphatic carbocycles. The number of benzene rings is 1. The van der Waals surface area contributed by atoms with Gasteiger partial charge in [0.25, 0.3) is 5.91 Å². The average Bonchev–Trinajstić information content (AvgIpc) is 2.87. The van der Waals surface area contributed by atoms with Crippen molar-refractivity contribution >= 4 is 17.9 Å². The molecule has 7 heteroatoms. The van der Waals surface area contributed by atoms with Crippen molar-refractivity contribution in [3.63, 3.8) is 0 Å². The molecule has 0 bridgehead atoms. The molecule has 136 valence electrons. The molecule has 1 saturated heterocycles. The molecule has 1 atom stereocenters. The molecule has 1 fully saturated rings. The summed E-state index contributed by atoms with van der Waals surface area (Å²) in [5.41, 5.74) is -0.428. The summed E-state index contributed by atoms with van der Waals surface area (Å²) >= 11 is 0. The molecule has 1 aliphatic heterocycles. The predicted molar refractivity (Wildman–Crippen MR) is 90.7 cm³/mol. The number of carbonyl (C=O) groups excluding carboxylic acids is 3. The van der Waals surface area contributed by atoms with Gasteiger partial charge in [-0.05, 0) is 24.8 Å². The third-order valence-corrected chi connectivity index (χ3v) is 4.27. The molecule has 1 heterocycles. The van der Waals surface area contributed by atoms with Crippen LogP contribution in [0.25, 0.3) is 0 Å². The number of rotatable bonds is 9. The fraction of sp³-hybridized carbons (Fsp3) is 0.500. The van der Waals surface area contributed by atoms with Crippen molar-refractivity contribution in [1.29, 1.82) is 0 Å². The SMILES string of the molecule is CC[C@]1(c2ccccc2)NC(=O)N(CC(=O)OCCCCOC)C1=O. The van der Waals surface area contributed by atoms with E-state index in [4.69, 9.17) is 9.47 Å². The normalized spacial score (nSPS) is 19.8. The maximum atomic E-state index is 12.8. The molecule has 1 aromatic carbocycles. The fourth-order valence-corrected chi connectivity index (χ4v) is 2.84. The Morgan fingerprint density at radius 2 is 1.84 bits per heavy atom. The Morgan fingerprint density at radius 3 is 2.48 bits per heavy atom. The molecule has 7 nitrogen and oxygen atoms in total. The lowest BCUT2D eigenvalue weighted by atomic mass is 9.87. The van der Waals surface area contributed by atoms with Gasteiger partial charge in [-0.1, -0.05) is 37.3 Å². The Labute approximate surface area is 147 Å². The molecule has 0 spiro atoms. The zero-order valence-electron chi connectivity index (χ0n) is 14.6. The first-order chi connectivity index (χ1) is 12.0. The maximum absolute atomic E-state index is 12.8. The minimum Gasteiger partial charge on any atom is -0.464 e. The van der Waals surface area contributed by atoms with Crippen molar-refractivity contribution in [2.45, 2.75) is 31.7 Å². The van der Waals surface area contributed by atoms with Gasteiger partial charge in [0, 0.05) is 13.7 Å². The van der Waals surface area contributed by atoms with Gasteiger partial charge in [-0.3, -0.25) is 14.5 Å². The van der Waals surface area contributed by atoms with Gasteiger partial charge in [-0.15, -0.1) is 0 Å². The van der Waals surface area contributed by atoms with E-state index in [0.717, 1.165) is 11.3 Å². The Kier molecular flexibility index (Phi) is 6.52. The van der Waals surface area contributed by atoms with E-state index in [2.05, 4.69) is 5.32 Å². The number of nitrogens with one attached hydrogen (secondary N) is 1. The van der Waals surface area contributed by atoms with Crippen LogP contribution in [-0.2, 0) is 24.6 Å². The lowest BCUT2D eigenvalue weighted by Crippen LogP contribution is -2.44. The number of hydrogen-bond donors (Lipinski definition) is 1. The Morgan fingerprint density at radius 1 is 1.16 bits per heavy atom. The van der Waals surface area contributed by atoms with E-state index in [-0.39, 0.29) is 13.2 Å². The molecule has 1 aromatic rings. The van der Waals surface area contributed by atoms with Crippen LogP contribution in [0.2, 0.25) is 0 Å². The number of amides is 3. The van der Waals surface area contributed by atoms with E-state index in [1.165, 1.54) is 0 Å². The van der Waals surface area contributed by atoms with Crippen molar-refractivity contribution < 1.29 is 23.9 Å². The van der Waals surface area contributed by atoms with Crippen LogP contribution >= 0.6 is 0 Å². The monoisotopic (exact) mass is 348 g/mol. The van der Waals surface area contributed by atoms with Gasteiger partial charge < -0.3 is 14.8 Å². The molecule has 0 saturated carbocycles. The van der Waals surface area contributed by atoms with Crippen molar-refractivity contribution in [2.24, 2.45) is 0 Å². The number of unbranched alkanes of at least 4 members (excludes halogenated alkanes) is 1. The van der Waals surface area contributed by atoms with Gasteiger partial charge in [0.2, 0.25) is 0 Å². The maximum Gasteiger partial charge on any atom is 0.326 e. The second-order valence-electron chi connectivity index (χ2n) is 5.87. The van der Waals surface area contributed by atoms with Crippen LogP contribution in [-0.4, -0.2) is 49.7 Å². The van der Waals surface area contributed by atoms with Crippen molar-refractivity contribution in [3.05, 3.63) is 35.9 Å². The highest BCUT2D eigenvalue weighted by Crippen LogP contribution is 2.32. The summed E-state index contributed by atoms with van der Waals surface area (Å²) in [7, 11) is 1.61. The van der Waals surface area contributed by atoms with Crippen LogP contribution in [0.1, 0.15) is 31.7 Å². The van der Waals surface area contributed by atoms with E-state index in [0.29, 0.717) is 25.0 Å². The molecular formula is C18H24N2O5. The van der Waals surface area contributed by atoms with Gasteiger partial charge in [0.1, 0.15) is 12.1 Å². The number of esters is 1. The summed E-state index contributed by atoms with van der Waals surface area (Å²) in [5.74, 6) is -1.02. The first kappa shape index (κ1) is 18.9. The third kappa shape index (κ3) is 4.17. The lowest BCUT2D eigenvalue weighted by molar-refractivity contribution is -0.148. The molecule has 25 heavy (non-hydrogen) atoms. The Balaban J connectivity index is 2.00. The van der Waals surface area contributed by atoms with Gasteiger partial charge >= 0.3 is 12.0 Å². The highest BCUT2D eigenvalue weighted by atomic mass is 16.5. The van der Waals surface area contributed by atoms with Crippen LogP contribution in [0.3, 0.4) is 0 Å². The number of ether oxygens (including phenoxy) is 2. The van der Waals surface area contributed by atoms with Crippen molar-refractivity contribution in [1.82, 2.24) is 10.2 Å². The molecule has 3 amide bonds. The predicted octanol–water partition coefficient (Wildman–Crippen LogP) is 1.81. The van der Waals surface area contributed by atoms with E-state index >= 15 is 0 Å². The highest BCUT2D eigenvalue weighted by molar-refractivity contribution is 6.09. The minimum absolute atomic E-state index is 0.240. The standard InChI is InChI=1S/C18H24N2O5/c1-3-18(14-9-5-4-6-10-14)16(22)20(17(23)19-18)13-15(21)25-12-8-7-11-24-2/h4-6,9-10H,3,7-8,11-13H2,1-2H3,(H,19,23)/t18-/m1/s1. The molecule has 1 N–H and O–H groups in total. The van der Waals surface area contributed by atoms with Crippen LogP contribution in [0.4, 0.5) is 4.79 Å². The minimum atomic E-state index is -1.13. The molecule has 0 unspecified atom stereocenters. The second-order valence-corrected chi connectivity index (χ2v) is 5.87. The first-order valence-corrected chi connectivity index (χ1v) is 8.39. The summed E-state index contributed by atoms with van der Waals surface area (Å²) < 4.78 is 10.0. The summed E-state index contributed by atoms with van der Waals surface area (Å²) in [6.07, 6.45) is 1.84. The van der Waals surface area contributed by atoms with E-state index < -0.39 is 23.4 Å². The largest absolute Gasteiger partial charge is 0.464 e. The fourth-order valence-electron chi connectivity index (χ4n) is 2.84. The number of methoxy groups -OCH3 is 1. The van der Waals surface area contributed by atoms with Crippen LogP contribution in [0.5, 0.6) is 0 Å². The Bertz CT molecular complexity index is 619. The Hall–Kier alpha value is -2.41. The molecular weight excluding hydrogens is 324 g/mol. The quantitative estimate of drug-likeness (QED) is 0.418. The number of urea groups is 1. The summed E-state index contributed by atoms with van der Waals surface area (Å²) in [4.78, 5) is 37.9. The number of nitrogens with zero attached hydrogens (tertiary/aromatic N) is 1. The molecule has 1 aliphatic rings. The summed E-state index contributed by atoms with van der Waals surface area (Å²) in [6.45, 7) is 2.27. The smallest absolute Gasteiger partial charge is 0.326 e. The van der Waals surface area contributed by atoms with Crippen molar-refractivity contribution in [3.8, 4) is 0 Å². The van der Waals surface area contributed by atoms with E-state index in [1.807, 2.05) is 25.1 Å². The van der Waals surface area contributed by atoms with Crippen LogP contribution < -0.4 is 5.32 Å². The van der Waals surface area contributed by atoms with Gasteiger partial charge in [0.05, 0.1) is 6.61 Å². The van der Waals surface area contributed by atoms with Gasteiger partial charge in [-0.25, -0.2) is 4.79 Å². The number of imide groups is 1. The van der Waals surface area contributed by atoms with Crippen LogP contribution in [0.15, 0.2) is 30.3 Å². The summed E-state index contributed by atoms with van der Waals surface area (Å²) in [5, 5.41) is 2.74. The second kappa shape index (κ2) is 8.62. The number of hydrogen-bond acceptors (Lipinski definition) is 5. The first-order valence-electron chi connectivity index (χ1n) is 8.39. The van der Waals surface area contributed by atoms with E-state index in [1.54, 1.807) is 19.2 Å². The number of carbonyl (C=O) groups is 3. The van der Waals surface area contributed by atoms with Crippen molar-refractivity contribution in [2.75, 3.05) is 26.9 Å². The zero-order valence-corrected chi connectivity index (χ0v) is 14.6.